The molecule has 0 saturated carbocycles. The molecule has 0 unspecified atom stereocenters. The SMILES string of the molecule is c1ccc(-c2nc(-c3ccccc3)nc(-c3cc(-c4ccc5c(c4)-c4ccccc4C54c5ccccc5-c5ccccc54)c4c(c3)sc3ccccc34)n2)cc1. The second-order valence-electron chi connectivity index (χ2n) is 14.7. The minimum absolute atomic E-state index is 0.379. The Morgan fingerprint density at radius 3 is 1.39 bits per heavy atom. The first-order valence-corrected chi connectivity index (χ1v) is 19.8. The van der Waals surface area contributed by atoms with Crippen LogP contribution in [-0.4, -0.2) is 15.0 Å². The molecule has 8 aromatic carbocycles. The molecular weight excluding hydrogens is 699 g/mol. The van der Waals surface area contributed by atoms with Gasteiger partial charge in [-0.2, -0.15) is 0 Å². The van der Waals surface area contributed by atoms with E-state index < -0.39 is 0 Å². The topological polar surface area (TPSA) is 38.7 Å². The van der Waals surface area contributed by atoms with E-state index in [-0.39, 0.29) is 5.41 Å². The van der Waals surface area contributed by atoms with Crippen LogP contribution >= 0.6 is 11.3 Å². The van der Waals surface area contributed by atoms with Gasteiger partial charge in [0.25, 0.3) is 0 Å². The summed E-state index contributed by atoms with van der Waals surface area (Å²) in [6.45, 7) is 0. The van der Waals surface area contributed by atoms with Gasteiger partial charge in [0.05, 0.1) is 5.41 Å². The molecule has 260 valence electrons. The lowest BCUT2D eigenvalue weighted by Gasteiger charge is -2.30. The number of fused-ring (bicyclic) bond motifs is 13. The van der Waals surface area contributed by atoms with E-state index in [1.54, 1.807) is 0 Å². The van der Waals surface area contributed by atoms with Gasteiger partial charge < -0.3 is 0 Å². The summed E-state index contributed by atoms with van der Waals surface area (Å²) in [5.74, 6) is 1.97. The number of thiophene rings is 1. The van der Waals surface area contributed by atoms with Crippen molar-refractivity contribution in [2.75, 3.05) is 0 Å². The molecule has 3 nitrogen and oxygen atoms in total. The Kier molecular flexibility index (Phi) is 6.72. The van der Waals surface area contributed by atoms with Crippen LogP contribution in [0.4, 0.5) is 0 Å². The molecule has 2 heterocycles. The zero-order valence-corrected chi connectivity index (χ0v) is 31.0. The molecule has 56 heavy (non-hydrogen) atoms. The Morgan fingerprint density at radius 2 is 0.786 bits per heavy atom. The van der Waals surface area contributed by atoms with Crippen molar-refractivity contribution in [3.05, 3.63) is 210 Å². The lowest BCUT2D eigenvalue weighted by molar-refractivity contribution is 0.794. The van der Waals surface area contributed by atoms with Gasteiger partial charge in [-0.1, -0.05) is 164 Å². The molecule has 12 rings (SSSR count). The van der Waals surface area contributed by atoms with Gasteiger partial charge in [-0.25, -0.2) is 15.0 Å². The summed E-state index contributed by atoms with van der Waals surface area (Å²) < 4.78 is 2.47. The van der Waals surface area contributed by atoms with Gasteiger partial charge in [-0.05, 0) is 79.9 Å². The molecule has 0 radical (unpaired) electrons. The molecule has 0 bridgehead atoms. The fourth-order valence-electron chi connectivity index (χ4n) is 9.42. The van der Waals surface area contributed by atoms with Crippen molar-refractivity contribution in [2.45, 2.75) is 5.41 Å². The van der Waals surface area contributed by atoms with Gasteiger partial charge in [0.15, 0.2) is 17.5 Å². The summed E-state index contributed by atoms with van der Waals surface area (Å²) in [7, 11) is 0. The highest BCUT2D eigenvalue weighted by atomic mass is 32.1. The quantitative estimate of drug-likeness (QED) is 0.181. The molecule has 2 aliphatic carbocycles. The lowest BCUT2D eigenvalue weighted by atomic mass is 9.70. The molecule has 0 N–H and O–H groups in total. The summed E-state index contributed by atoms with van der Waals surface area (Å²) in [5.41, 5.74) is 15.4. The predicted molar refractivity (Wildman–Crippen MR) is 231 cm³/mol. The molecule has 4 heteroatoms. The highest BCUT2D eigenvalue weighted by Gasteiger charge is 2.51. The van der Waals surface area contributed by atoms with Crippen LogP contribution in [0.25, 0.3) is 87.7 Å². The van der Waals surface area contributed by atoms with Gasteiger partial charge in [-0.15, -0.1) is 11.3 Å². The second-order valence-corrected chi connectivity index (χ2v) is 15.8. The Balaban J connectivity index is 1.12. The average molecular weight is 730 g/mol. The largest absolute Gasteiger partial charge is 0.208 e. The molecular formula is C52H31N3S. The Hall–Kier alpha value is -7.01. The molecule has 10 aromatic rings. The number of hydrogen-bond donors (Lipinski definition) is 0. The molecule has 0 amide bonds. The van der Waals surface area contributed by atoms with E-state index in [1.165, 1.54) is 75.8 Å². The zero-order valence-electron chi connectivity index (χ0n) is 30.1. The van der Waals surface area contributed by atoms with Crippen LogP contribution in [0.5, 0.6) is 0 Å². The second kappa shape index (κ2) is 12.0. The summed E-state index contributed by atoms with van der Waals surface area (Å²) in [6, 6.07) is 67.9. The van der Waals surface area contributed by atoms with E-state index >= 15 is 0 Å². The van der Waals surface area contributed by atoms with E-state index in [9.17, 15) is 0 Å². The zero-order chi connectivity index (χ0) is 36.8. The molecule has 2 aliphatic rings. The molecule has 0 fully saturated rings. The summed E-state index contributed by atoms with van der Waals surface area (Å²) >= 11 is 1.82. The molecule has 1 spiro atoms. The maximum Gasteiger partial charge on any atom is 0.164 e. The highest BCUT2D eigenvalue weighted by Crippen LogP contribution is 2.63. The van der Waals surface area contributed by atoms with E-state index in [1.807, 2.05) is 47.7 Å². The van der Waals surface area contributed by atoms with E-state index in [0.29, 0.717) is 17.5 Å². The van der Waals surface area contributed by atoms with Gasteiger partial charge in [-0.3, -0.25) is 0 Å². The normalized spacial score (nSPS) is 13.1. The van der Waals surface area contributed by atoms with Crippen LogP contribution in [0.2, 0.25) is 0 Å². The highest BCUT2D eigenvalue weighted by molar-refractivity contribution is 7.26. The van der Waals surface area contributed by atoms with Crippen molar-refractivity contribution >= 4 is 31.5 Å². The van der Waals surface area contributed by atoms with Gasteiger partial charge in [0.1, 0.15) is 0 Å². The smallest absolute Gasteiger partial charge is 0.164 e. The third kappa shape index (κ3) is 4.42. The van der Waals surface area contributed by atoms with Crippen LogP contribution in [0, 0.1) is 0 Å². The van der Waals surface area contributed by atoms with Crippen LogP contribution in [0.15, 0.2) is 188 Å². The third-order valence-electron chi connectivity index (χ3n) is 11.7. The van der Waals surface area contributed by atoms with Crippen molar-refractivity contribution in [1.82, 2.24) is 15.0 Å². The van der Waals surface area contributed by atoms with E-state index in [0.717, 1.165) is 16.7 Å². The third-order valence-corrected chi connectivity index (χ3v) is 12.9. The number of rotatable bonds is 4. The maximum absolute atomic E-state index is 5.16. The Morgan fingerprint density at radius 1 is 0.321 bits per heavy atom. The standard InChI is InChI=1S/C52H31N3S/c1-3-15-32(16-4-1)49-53-50(33-17-5-2-6-18-33)55-51(54-49)35-30-40(48-39-22-10-14-26-46(39)56-47(48)31-35)34-27-28-45-41(29-34)38-21-9-13-25-44(38)52(45)42-23-11-7-19-36(42)37-20-8-12-24-43(37)52/h1-31H. The van der Waals surface area contributed by atoms with Gasteiger partial charge >= 0.3 is 0 Å². The molecule has 0 saturated heterocycles. The van der Waals surface area contributed by atoms with Crippen molar-refractivity contribution in [3.63, 3.8) is 0 Å². The average Bonchev–Trinajstić information content (AvgIpc) is 3.90. The fraction of sp³-hybridized carbons (Fsp3) is 0.0192. The van der Waals surface area contributed by atoms with Crippen molar-refractivity contribution in [1.29, 1.82) is 0 Å². The number of benzene rings is 8. The van der Waals surface area contributed by atoms with Crippen LogP contribution in [0.3, 0.4) is 0 Å². The molecule has 0 aliphatic heterocycles. The maximum atomic E-state index is 5.16. The number of hydrogen-bond acceptors (Lipinski definition) is 4. The lowest BCUT2D eigenvalue weighted by Crippen LogP contribution is -2.25. The van der Waals surface area contributed by atoms with Crippen LogP contribution in [-0.2, 0) is 5.41 Å². The first-order valence-electron chi connectivity index (χ1n) is 19.0. The van der Waals surface area contributed by atoms with E-state index in [4.69, 9.17) is 15.0 Å². The predicted octanol–water partition coefficient (Wildman–Crippen LogP) is 13.3. The molecule has 0 atom stereocenters. The first-order chi connectivity index (χ1) is 27.8. The van der Waals surface area contributed by atoms with Crippen molar-refractivity contribution in [3.8, 4) is 67.5 Å². The van der Waals surface area contributed by atoms with Gasteiger partial charge in [0.2, 0.25) is 0 Å². The minimum Gasteiger partial charge on any atom is -0.208 e. The van der Waals surface area contributed by atoms with Crippen LogP contribution in [0.1, 0.15) is 22.3 Å². The summed E-state index contributed by atoms with van der Waals surface area (Å²) in [4.78, 5) is 15.3. The van der Waals surface area contributed by atoms with Gasteiger partial charge in [0, 0.05) is 36.9 Å². The Bertz CT molecular complexity index is 3100. The molecule has 2 aromatic heterocycles. The monoisotopic (exact) mass is 729 g/mol. The minimum atomic E-state index is -0.379. The van der Waals surface area contributed by atoms with Crippen molar-refractivity contribution < 1.29 is 0 Å². The number of aromatic nitrogens is 3. The first kappa shape index (κ1) is 31.4. The summed E-state index contributed by atoms with van der Waals surface area (Å²) in [5, 5.41) is 2.52. The summed E-state index contributed by atoms with van der Waals surface area (Å²) in [6.07, 6.45) is 0. The number of nitrogens with zero attached hydrogens (tertiary/aromatic N) is 3. The van der Waals surface area contributed by atoms with Crippen molar-refractivity contribution in [2.24, 2.45) is 0 Å². The van der Waals surface area contributed by atoms with E-state index in [2.05, 4.69) is 152 Å². The Labute approximate surface area is 328 Å². The van der Waals surface area contributed by atoms with Crippen LogP contribution < -0.4 is 0 Å². The fourth-order valence-corrected chi connectivity index (χ4v) is 10.6.